The Morgan fingerprint density at radius 3 is 2.67 bits per heavy atom. The molecule has 1 spiro atoms. The first-order valence-corrected chi connectivity index (χ1v) is 5.11. The van der Waals surface area contributed by atoms with Gasteiger partial charge in [-0.3, -0.25) is 14.9 Å². The number of nitrogens with one attached hydrogen (secondary N) is 1. The van der Waals surface area contributed by atoms with Crippen LogP contribution in [0.4, 0.5) is 0 Å². The van der Waals surface area contributed by atoms with Crippen molar-refractivity contribution in [2.75, 3.05) is 0 Å². The number of rotatable bonds is 0. The summed E-state index contributed by atoms with van der Waals surface area (Å²) >= 11 is 0. The lowest BCUT2D eigenvalue weighted by Crippen LogP contribution is -2.45. The van der Waals surface area contributed by atoms with E-state index in [1.165, 1.54) is 0 Å². The molecule has 1 heterocycles. The van der Waals surface area contributed by atoms with Crippen LogP contribution in [-0.4, -0.2) is 11.8 Å². The molecule has 2 aliphatic rings. The topological polar surface area (TPSA) is 46.2 Å². The van der Waals surface area contributed by atoms with Crippen molar-refractivity contribution < 1.29 is 9.59 Å². The predicted molar refractivity (Wildman–Crippen MR) is 54.6 cm³/mol. The van der Waals surface area contributed by atoms with Gasteiger partial charge in [-0.2, -0.15) is 0 Å². The fourth-order valence-electron chi connectivity index (χ4n) is 2.40. The summed E-state index contributed by atoms with van der Waals surface area (Å²) in [5.74, 6) is -0.365. The van der Waals surface area contributed by atoms with Gasteiger partial charge in [0.2, 0.25) is 5.91 Å². The van der Waals surface area contributed by atoms with Gasteiger partial charge in [-0.25, -0.2) is 0 Å². The largest absolute Gasteiger partial charge is 0.292 e. The normalized spacial score (nSPS) is 21.1. The van der Waals surface area contributed by atoms with E-state index >= 15 is 0 Å². The molecule has 0 radical (unpaired) electrons. The van der Waals surface area contributed by atoms with Crippen molar-refractivity contribution in [2.24, 2.45) is 0 Å². The van der Waals surface area contributed by atoms with Crippen LogP contribution in [0, 0.1) is 6.92 Å². The third-order valence-corrected chi connectivity index (χ3v) is 3.43. The van der Waals surface area contributed by atoms with Gasteiger partial charge in [0.25, 0.3) is 5.91 Å². The van der Waals surface area contributed by atoms with Gasteiger partial charge in [0.15, 0.2) is 0 Å². The number of hydrogen-bond donors (Lipinski definition) is 1. The van der Waals surface area contributed by atoms with E-state index in [1.807, 2.05) is 25.1 Å². The van der Waals surface area contributed by atoms with Crippen molar-refractivity contribution in [3.05, 3.63) is 34.9 Å². The standard InChI is InChI=1S/C12H11NO2/c1-7-3-2-4-8-9(7)10(14)13-11(15)12(8)5-6-12/h2-4H,5-6H2,1H3,(H,13,14,15). The second-order valence-electron chi connectivity index (χ2n) is 4.36. The van der Waals surface area contributed by atoms with Crippen LogP contribution in [0.1, 0.15) is 34.3 Å². The molecule has 1 aromatic rings. The van der Waals surface area contributed by atoms with Crippen molar-refractivity contribution in [3.63, 3.8) is 0 Å². The summed E-state index contributed by atoms with van der Waals surface area (Å²) in [6.07, 6.45) is 1.73. The van der Waals surface area contributed by atoms with E-state index in [4.69, 9.17) is 0 Å². The summed E-state index contributed by atoms with van der Waals surface area (Å²) in [6, 6.07) is 5.73. The highest BCUT2D eigenvalue weighted by molar-refractivity contribution is 6.15. The Kier molecular flexibility index (Phi) is 1.43. The zero-order chi connectivity index (χ0) is 10.6. The Balaban J connectivity index is 2.30. The van der Waals surface area contributed by atoms with Gasteiger partial charge >= 0.3 is 0 Å². The van der Waals surface area contributed by atoms with Gasteiger partial charge in [0.1, 0.15) is 0 Å². The van der Waals surface area contributed by atoms with Gasteiger partial charge in [-0.15, -0.1) is 0 Å². The van der Waals surface area contributed by atoms with Crippen LogP contribution in [-0.2, 0) is 10.2 Å². The number of imide groups is 1. The van der Waals surface area contributed by atoms with E-state index in [-0.39, 0.29) is 17.2 Å². The quantitative estimate of drug-likeness (QED) is 0.643. The number of carbonyl (C=O) groups excluding carboxylic acids is 2. The molecule has 3 heteroatoms. The molecule has 15 heavy (non-hydrogen) atoms. The van der Waals surface area contributed by atoms with E-state index in [1.54, 1.807) is 0 Å². The zero-order valence-corrected chi connectivity index (χ0v) is 8.46. The molecule has 0 atom stereocenters. The number of benzene rings is 1. The third kappa shape index (κ3) is 0.950. The van der Waals surface area contributed by atoms with E-state index in [2.05, 4.69) is 5.32 Å². The minimum atomic E-state index is -0.380. The Morgan fingerprint density at radius 2 is 2.00 bits per heavy atom. The molecule has 0 saturated heterocycles. The summed E-state index contributed by atoms with van der Waals surface area (Å²) in [4.78, 5) is 23.4. The number of fused-ring (bicyclic) bond motifs is 2. The zero-order valence-electron chi connectivity index (χ0n) is 8.46. The second kappa shape index (κ2) is 2.48. The summed E-state index contributed by atoms with van der Waals surface area (Å²) in [7, 11) is 0. The number of aryl methyl sites for hydroxylation is 1. The smallest absolute Gasteiger partial charge is 0.258 e. The first-order valence-electron chi connectivity index (χ1n) is 5.11. The molecule has 3 nitrogen and oxygen atoms in total. The average Bonchev–Trinajstić information content (AvgIpc) is 2.95. The van der Waals surface area contributed by atoms with Gasteiger partial charge in [0, 0.05) is 5.56 Å². The molecule has 0 aromatic heterocycles. The Morgan fingerprint density at radius 1 is 1.27 bits per heavy atom. The third-order valence-electron chi connectivity index (χ3n) is 3.43. The summed E-state index contributed by atoms with van der Waals surface area (Å²) in [5.41, 5.74) is 2.20. The maximum absolute atomic E-state index is 11.7. The highest BCUT2D eigenvalue weighted by Gasteiger charge is 2.55. The molecular formula is C12H11NO2. The molecule has 1 saturated carbocycles. The van der Waals surface area contributed by atoms with Crippen LogP contribution >= 0.6 is 0 Å². The highest BCUT2D eigenvalue weighted by atomic mass is 16.2. The predicted octanol–water partition coefficient (Wildman–Crippen LogP) is 1.30. The lowest BCUT2D eigenvalue weighted by molar-refractivity contribution is -0.122. The Bertz CT molecular complexity index is 486. The van der Waals surface area contributed by atoms with Gasteiger partial charge in [-0.1, -0.05) is 18.2 Å². The first kappa shape index (κ1) is 8.65. The van der Waals surface area contributed by atoms with Crippen LogP contribution < -0.4 is 5.32 Å². The molecule has 76 valence electrons. The molecule has 0 bridgehead atoms. The average molecular weight is 201 g/mol. The van der Waals surface area contributed by atoms with Crippen LogP contribution in [0.15, 0.2) is 18.2 Å². The van der Waals surface area contributed by atoms with Gasteiger partial charge in [0.05, 0.1) is 5.41 Å². The van der Waals surface area contributed by atoms with E-state index in [0.717, 1.165) is 24.0 Å². The monoisotopic (exact) mass is 201 g/mol. The van der Waals surface area contributed by atoms with Crippen molar-refractivity contribution in [2.45, 2.75) is 25.2 Å². The van der Waals surface area contributed by atoms with Crippen molar-refractivity contribution >= 4 is 11.8 Å². The molecule has 0 unspecified atom stereocenters. The minimum absolute atomic E-state index is 0.120. The molecular weight excluding hydrogens is 190 g/mol. The second-order valence-corrected chi connectivity index (χ2v) is 4.36. The Labute approximate surface area is 87.5 Å². The lowest BCUT2D eigenvalue weighted by atomic mass is 9.85. The SMILES string of the molecule is Cc1cccc2c1C(=O)NC(=O)C21CC1. The minimum Gasteiger partial charge on any atom is -0.292 e. The van der Waals surface area contributed by atoms with E-state index < -0.39 is 0 Å². The van der Waals surface area contributed by atoms with Crippen LogP contribution in [0.25, 0.3) is 0 Å². The Hall–Kier alpha value is -1.64. The molecule has 1 aliphatic heterocycles. The van der Waals surface area contributed by atoms with Crippen molar-refractivity contribution in [1.82, 2.24) is 5.32 Å². The summed E-state index contributed by atoms with van der Waals surface area (Å²) < 4.78 is 0. The van der Waals surface area contributed by atoms with Gasteiger partial charge in [-0.05, 0) is 30.9 Å². The summed E-state index contributed by atoms with van der Waals surface area (Å²) in [5, 5.41) is 2.45. The maximum atomic E-state index is 11.7. The lowest BCUT2D eigenvalue weighted by Gasteiger charge is -2.24. The van der Waals surface area contributed by atoms with E-state index in [0.29, 0.717) is 5.56 Å². The molecule has 1 fully saturated rings. The molecule has 1 aliphatic carbocycles. The highest BCUT2D eigenvalue weighted by Crippen LogP contribution is 2.51. The molecule has 2 amide bonds. The molecule has 1 N–H and O–H groups in total. The molecule has 1 aromatic carbocycles. The maximum Gasteiger partial charge on any atom is 0.258 e. The fourth-order valence-corrected chi connectivity index (χ4v) is 2.40. The number of hydrogen-bond acceptors (Lipinski definition) is 2. The molecule has 3 rings (SSSR count). The van der Waals surface area contributed by atoms with Crippen molar-refractivity contribution in [1.29, 1.82) is 0 Å². The number of amides is 2. The van der Waals surface area contributed by atoms with Crippen LogP contribution in [0.5, 0.6) is 0 Å². The first-order chi connectivity index (χ1) is 7.15. The summed E-state index contributed by atoms with van der Waals surface area (Å²) in [6.45, 7) is 1.91. The van der Waals surface area contributed by atoms with Crippen LogP contribution in [0.3, 0.4) is 0 Å². The number of carbonyl (C=O) groups is 2. The van der Waals surface area contributed by atoms with E-state index in [9.17, 15) is 9.59 Å². The van der Waals surface area contributed by atoms with Crippen LogP contribution in [0.2, 0.25) is 0 Å². The fraction of sp³-hybridized carbons (Fsp3) is 0.333. The van der Waals surface area contributed by atoms with Crippen molar-refractivity contribution in [3.8, 4) is 0 Å². The van der Waals surface area contributed by atoms with Gasteiger partial charge < -0.3 is 0 Å².